The van der Waals surface area contributed by atoms with Gasteiger partial charge in [-0.1, -0.05) is 0 Å². The van der Waals surface area contributed by atoms with Crippen molar-refractivity contribution in [2.75, 3.05) is 18.1 Å². The van der Waals surface area contributed by atoms with Crippen LogP contribution in [0.5, 0.6) is 0 Å². The van der Waals surface area contributed by atoms with Crippen molar-refractivity contribution in [2.45, 2.75) is 17.9 Å². The van der Waals surface area contributed by atoms with Crippen molar-refractivity contribution < 1.29 is 4.21 Å². The van der Waals surface area contributed by atoms with Crippen LogP contribution in [-0.2, 0) is 10.8 Å². The Morgan fingerprint density at radius 2 is 2.37 bits per heavy atom. The van der Waals surface area contributed by atoms with Gasteiger partial charge in [-0.3, -0.25) is 4.21 Å². The Kier molecular flexibility index (Phi) is 3.93. The fraction of sp³-hybridized carbons (Fsp3) is 0.385. The number of nitrogens with zero attached hydrogens (tertiary/aromatic N) is 1. The molecule has 1 aromatic heterocycles. The van der Waals surface area contributed by atoms with Crippen molar-refractivity contribution in [1.29, 1.82) is 0 Å². The molecule has 1 aliphatic heterocycles. The van der Waals surface area contributed by atoms with E-state index in [1.165, 1.54) is 10.3 Å². The molecule has 2 atom stereocenters. The van der Waals surface area contributed by atoms with E-state index in [2.05, 4.69) is 46.0 Å². The number of H-pyrrole nitrogens is 1. The second-order valence-electron chi connectivity index (χ2n) is 4.77. The van der Waals surface area contributed by atoms with Crippen molar-refractivity contribution in [1.82, 2.24) is 14.8 Å². The molecule has 4 nitrogen and oxygen atoms in total. The largest absolute Gasteiger partial charge is 0.361 e. The van der Waals surface area contributed by atoms with Crippen LogP contribution in [0.25, 0.3) is 10.9 Å². The van der Waals surface area contributed by atoms with Crippen molar-refractivity contribution in [3.05, 3.63) is 30.5 Å². The summed E-state index contributed by atoms with van der Waals surface area (Å²) in [6, 6.07) is 8.75. The number of hydrazine groups is 1. The summed E-state index contributed by atoms with van der Waals surface area (Å²) in [5.41, 5.74) is 1.16. The maximum absolute atomic E-state index is 11.5. The first-order valence-corrected chi connectivity index (χ1v) is 8.64. The Hall–Kier alpha value is -0.820. The molecule has 2 heterocycles. The molecule has 2 aromatic rings. The van der Waals surface area contributed by atoms with Crippen LogP contribution in [0.3, 0.4) is 0 Å². The summed E-state index contributed by atoms with van der Waals surface area (Å²) < 4.78 is 11.5. The first kappa shape index (κ1) is 13.2. The Morgan fingerprint density at radius 1 is 1.47 bits per heavy atom. The van der Waals surface area contributed by atoms with E-state index in [0.717, 1.165) is 23.6 Å². The zero-order chi connectivity index (χ0) is 13.2. The van der Waals surface area contributed by atoms with Crippen LogP contribution in [0.4, 0.5) is 0 Å². The Bertz CT molecular complexity index is 598. The van der Waals surface area contributed by atoms with Gasteiger partial charge < -0.3 is 4.98 Å². The third-order valence-electron chi connectivity index (χ3n) is 3.32. The lowest BCUT2D eigenvalue weighted by Crippen LogP contribution is -2.49. The molecular weight excluding hydrogens is 278 g/mol. The highest BCUT2D eigenvalue weighted by atomic mass is 32.2. The summed E-state index contributed by atoms with van der Waals surface area (Å²) in [6.45, 7) is 2.95. The predicted octanol–water partition coefficient (Wildman–Crippen LogP) is 2.13. The molecule has 1 fully saturated rings. The number of fused-ring (bicyclic) bond motifs is 1. The van der Waals surface area contributed by atoms with Gasteiger partial charge in [-0.15, -0.1) is 0 Å². The summed E-state index contributed by atoms with van der Waals surface area (Å²) in [6.07, 6.45) is 1.95. The van der Waals surface area contributed by atoms with E-state index in [1.807, 2.05) is 6.20 Å². The highest BCUT2D eigenvalue weighted by Crippen LogP contribution is 2.22. The molecule has 2 N–H and O–H groups in total. The monoisotopic (exact) mass is 295 g/mol. The lowest BCUT2D eigenvalue weighted by Gasteiger charge is -2.32. The first-order chi connectivity index (χ1) is 9.22. The number of hydrogen-bond acceptors (Lipinski definition) is 4. The molecule has 2 unspecified atom stereocenters. The number of hydrogen-bond donors (Lipinski definition) is 2. The predicted molar refractivity (Wildman–Crippen MR) is 81.3 cm³/mol. The minimum atomic E-state index is -0.647. The van der Waals surface area contributed by atoms with Gasteiger partial charge in [0, 0.05) is 56.9 Å². The van der Waals surface area contributed by atoms with E-state index in [-0.39, 0.29) is 0 Å². The average Bonchev–Trinajstić information content (AvgIpc) is 2.85. The Labute approximate surface area is 119 Å². The Morgan fingerprint density at radius 3 is 3.21 bits per heavy atom. The third-order valence-corrected chi connectivity index (χ3v) is 5.63. The lowest BCUT2D eigenvalue weighted by atomic mass is 10.2. The number of nitrogens with one attached hydrogen (secondary N) is 2. The third kappa shape index (κ3) is 3.02. The molecule has 6 heteroatoms. The molecule has 3 rings (SSSR count). The second kappa shape index (κ2) is 5.66. The highest BCUT2D eigenvalue weighted by Gasteiger charge is 2.22. The van der Waals surface area contributed by atoms with Gasteiger partial charge in [0.25, 0.3) is 0 Å². The number of benzene rings is 1. The standard InChI is InChI=1S/C13H17N3OS2/c1-10-9-19(17)7-6-16(10)15-18-12-2-3-13-11(8-12)4-5-14-13/h2-5,8,10,14-15H,6-7,9H2,1H3. The number of aromatic amines is 1. The molecule has 0 bridgehead atoms. The van der Waals surface area contributed by atoms with Crippen molar-refractivity contribution in [2.24, 2.45) is 0 Å². The summed E-state index contributed by atoms with van der Waals surface area (Å²) in [5, 5.41) is 3.40. The molecular formula is C13H17N3OS2. The quantitative estimate of drug-likeness (QED) is 0.852. The summed E-state index contributed by atoms with van der Waals surface area (Å²) in [4.78, 5) is 7.75. The molecule has 102 valence electrons. The Balaban J connectivity index is 1.63. The van der Waals surface area contributed by atoms with E-state index >= 15 is 0 Å². The zero-order valence-electron chi connectivity index (χ0n) is 10.8. The van der Waals surface area contributed by atoms with E-state index in [9.17, 15) is 4.21 Å². The molecule has 0 amide bonds. The number of rotatable bonds is 3. The smallest absolute Gasteiger partial charge is 0.0454 e. The van der Waals surface area contributed by atoms with Crippen LogP contribution in [-0.4, -0.2) is 38.3 Å². The highest BCUT2D eigenvalue weighted by molar-refractivity contribution is 7.97. The van der Waals surface area contributed by atoms with Gasteiger partial charge in [-0.05, 0) is 43.1 Å². The topological polar surface area (TPSA) is 48.1 Å². The van der Waals surface area contributed by atoms with E-state index in [4.69, 9.17) is 0 Å². The SMILES string of the molecule is CC1CS(=O)CCN1NSc1ccc2[nH]ccc2c1. The van der Waals surface area contributed by atoms with Crippen LogP contribution >= 0.6 is 11.9 Å². The van der Waals surface area contributed by atoms with Crippen LogP contribution in [0, 0.1) is 0 Å². The van der Waals surface area contributed by atoms with Gasteiger partial charge in [-0.2, -0.15) is 4.83 Å². The van der Waals surface area contributed by atoms with Gasteiger partial charge in [0.05, 0.1) is 0 Å². The van der Waals surface area contributed by atoms with Gasteiger partial charge >= 0.3 is 0 Å². The molecule has 1 saturated heterocycles. The zero-order valence-corrected chi connectivity index (χ0v) is 12.4. The molecule has 19 heavy (non-hydrogen) atoms. The fourth-order valence-corrected chi connectivity index (χ4v) is 4.31. The average molecular weight is 295 g/mol. The van der Waals surface area contributed by atoms with Crippen molar-refractivity contribution in [3.63, 3.8) is 0 Å². The second-order valence-corrected chi connectivity index (χ2v) is 7.25. The van der Waals surface area contributed by atoms with E-state index < -0.39 is 10.8 Å². The molecule has 1 aliphatic rings. The fourth-order valence-electron chi connectivity index (χ4n) is 2.20. The maximum Gasteiger partial charge on any atom is 0.0454 e. The van der Waals surface area contributed by atoms with Gasteiger partial charge in [0.1, 0.15) is 0 Å². The molecule has 0 saturated carbocycles. The molecule has 1 aromatic carbocycles. The number of aromatic nitrogens is 1. The van der Waals surface area contributed by atoms with Crippen LogP contribution in [0.2, 0.25) is 0 Å². The summed E-state index contributed by atoms with van der Waals surface area (Å²) in [7, 11) is -0.647. The van der Waals surface area contributed by atoms with E-state index in [1.54, 1.807) is 11.9 Å². The summed E-state index contributed by atoms with van der Waals surface area (Å²) >= 11 is 1.61. The van der Waals surface area contributed by atoms with Crippen molar-refractivity contribution >= 4 is 33.7 Å². The molecule has 0 aliphatic carbocycles. The summed E-state index contributed by atoms with van der Waals surface area (Å²) in [5.74, 6) is 1.51. The van der Waals surface area contributed by atoms with Gasteiger partial charge in [-0.25, -0.2) is 5.01 Å². The van der Waals surface area contributed by atoms with Crippen LogP contribution in [0.1, 0.15) is 6.92 Å². The van der Waals surface area contributed by atoms with E-state index in [0.29, 0.717) is 6.04 Å². The van der Waals surface area contributed by atoms with Gasteiger partial charge in [0.15, 0.2) is 0 Å². The molecule has 0 spiro atoms. The first-order valence-electron chi connectivity index (χ1n) is 6.33. The lowest BCUT2D eigenvalue weighted by molar-refractivity contribution is 0.206. The maximum atomic E-state index is 11.5. The van der Waals surface area contributed by atoms with Crippen LogP contribution in [0.15, 0.2) is 35.4 Å². The van der Waals surface area contributed by atoms with Crippen LogP contribution < -0.4 is 4.83 Å². The minimum Gasteiger partial charge on any atom is -0.361 e. The minimum absolute atomic E-state index is 0.318. The van der Waals surface area contributed by atoms with Crippen molar-refractivity contribution in [3.8, 4) is 0 Å². The molecule has 0 radical (unpaired) electrons. The normalized spacial score (nSPS) is 24.9. The van der Waals surface area contributed by atoms with Gasteiger partial charge in [0.2, 0.25) is 0 Å².